The fourth-order valence-corrected chi connectivity index (χ4v) is 2.56. The van der Waals surface area contributed by atoms with E-state index in [0.29, 0.717) is 12.5 Å². The highest BCUT2D eigenvalue weighted by Crippen LogP contribution is 2.23. The zero-order chi connectivity index (χ0) is 13.0. The second-order valence-electron chi connectivity index (χ2n) is 5.06. The number of rotatable bonds is 4. The van der Waals surface area contributed by atoms with E-state index in [9.17, 15) is 14.6 Å². The molecule has 1 saturated carbocycles. The fraction of sp³-hybridized carbons (Fsp3) is 0.571. The van der Waals surface area contributed by atoms with Crippen molar-refractivity contribution in [1.82, 2.24) is 5.32 Å². The molecular weight excluding hydrogens is 233 g/mol. The van der Waals surface area contributed by atoms with Crippen molar-refractivity contribution in [3.63, 3.8) is 0 Å². The minimum absolute atomic E-state index is 0.0514. The molecule has 2 rings (SSSR count). The number of aromatic hydroxyl groups is 1. The van der Waals surface area contributed by atoms with Crippen molar-refractivity contribution in [2.45, 2.75) is 38.3 Å². The van der Waals surface area contributed by atoms with Crippen LogP contribution in [-0.4, -0.2) is 22.9 Å². The predicted octanol–water partition coefficient (Wildman–Crippen LogP) is 2.17. The predicted molar refractivity (Wildman–Crippen MR) is 67.7 cm³/mol. The van der Waals surface area contributed by atoms with Crippen LogP contribution in [0.15, 0.2) is 18.2 Å². The van der Waals surface area contributed by atoms with Crippen LogP contribution in [0.5, 0.6) is 5.75 Å². The second kappa shape index (κ2) is 6.16. The molecule has 0 spiro atoms. The summed E-state index contributed by atoms with van der Waals surface area (Å²) in [4.78, 5) is 0. The molecule has 2 atom stereocenters. The summed E-state index contributed by atoms with van der Waals surface area (Å²) in [5.74, 6) is -0.185. The first-order valence-corrected chi connectivity index (χ1v) is 6.52. The summed E-state index contributed by atoms with van der Waals surface area (Å²) in [6, 6.07) is 4.05. The van der Waals surface area contributed by atoms with Crippen LogP contribution in [0.3, 0.4) is 0 Å². The standard InChI is InChI=1S/C14H20FNO2/c15-12-5-10(6-13(17)7-12)8-16-9-11-3-1-2-4-14(11)18/h5-7,11,14,16-18H,1-4,8-9H2. The number of hydrogen-bond donors (Lipinski definition) is 3. The average Bonchev–Trinajstić information content (AvgIpc) is 2.30. The van der Waals surface area contributed by atoms with Crippen molar-refractivity contribution in [3.05, 3.63) is 29.6 Å². The molecule has 4 heteroatoms. The lowest BCUT2D eigenvalue weighted by Gasteiger charge is -2.27. The van der Waals surface area contributed by atoms with Crippen LogP contribution in [0.4, 0.5) is 4.39 Å². The van der Waals surface area contributed by atoms with E-state index in [1.165, 1.54) is 12.5 Å². The van der Waals surface area contributed by atoms with E-state index in [-0.39, 0.29) is 11.9 Å². The Morgan fingerprint density at radius 1 is 1.22 bits per heavy atom. The summed E-state index contributed by atoms with van der Waals surface area (Å²) < 4.78 is 13.0. The Labute approximate surface area is 107 Å². The molecular formula is C14H20FNO2. The first-order chi connectivity index (χ1) is 8.65. The third kappa shape index (κ3) is 3.68. The Hall–Kier alpha value is -1.13. The number of nitrogens with one attached hydrogen (secondary N) is 1. The zero-order valence-corrected chi connectivity index (χ0v) is 10.4. The van der Waals surface area contributed by atoms with Crippen LogP contribution in [0.2, 0.25) is 0 Å². The van der Waals surface area contributed by atoms with Crippen molar-refractivity contribution >= 4 is 0 Å². The van der Waals surface area contributed by atoms with Gasteiger partial charge in [0.1, 0.15) is 11.6 Å². The van der Waals surface area contributed by atoms with Gasteiger partial charge >= 0.3 is 0 Å². The molecule has 3 nitrogen and oxygen atoms in total. The largest absolute Gasteiger partial charge is 0.508 e. The quantitative estimate of drug-likeness (QED) is 0.771. The molecule has 3 N–H and O–H groups in total. The molecule has 1 aromatic rings. The number of aliphatic hydroxyl groups is 1. The third-order valence-corrected chi connectivity index (χ3v) is 3.55. The van der Waals surface area contributed by atoms with E-state index >= 15 is 0 Å². The Balaban J connectivity index is 1.80. The van der Waals surface area contributed by atoms with Gasteiger partial charge < -0.3 is 15.5 Å². The van der Waals surface area contributed by atoms with Crippen LogP contribution in [0.25, 0.3) is 0 Å². The highest BCUT2D eigenvalue weighted by Gasteiger charge is 2.22. The van der Waals surface area contributed by atoms with E-state index in [2.05, 4.69) is 5.32 Å². The maximum absolute atomic E-state index is 13.0. The monoisotopic (exact) mass is 253 g/mol. The van der Waals surface area contributed by atoms with Crippen molar-refractivity contribution in [2.75, 3.05) is 6.54 Å². The first-order valence-electron chi connectivity index (χ1n) is 6.52. The molecule has 1 aliphatic rings. The van der Waals surface area contributed by atoms with Gasteiger partial charge in [0, 0.05) is 19.2 Å². The SMILES string of the molecule is Oc1cc(F)cc(CNCC2CCCCC2O)c1. The molecule has 100 valence electrons. The zero-order valence-electron chi connectivity index (χ0n) is 10.4. The smallest absolute Gasteiger partial charge is 0.127 e. The number of aliphatic hydroxyl groups excluding tert-OH is 1. The molecule has 0 heterocycles. The molecule has 0 saturated heterocycles. The van der Waals surface area contributed by atoms with Crippen LogP contribution in [0, 0.1) is 11.7 Å². The van der Waals surface area contributed by atoms with Gasteiger partial charge in [0.2, 0.25) is 0 Å². The van der Waals surface area contributed by atoms with E-state index < -0.39 is 5.82 Å². The number of benzene rings is 1. The summed E-state index contributed by atoms with van der Waals surface area (Å²) in [6.07, 6.45) is 3.99. The molecule has 18 heavy (non-hydrogen) atoms. The third-order valence-electron chi connectivity index (χ3n) is 3.55. The van der Waals surface area contributed by atoms with Gasteiger partial charge in [-0.25, -0.2) is 4.39 Å². The van der Waals surface area contributed by atoms with Gasteiger partial charge in [0.25, 0.3) is 0 Å². The number of phenolic OH excluding ortho intramolecular Hbond substituents is 1. The number of phenols is 1. The van der Waals surface area contributed by atoms with Crippen molar-refractivity contribution in [2.24, 2.45) is 5.92 Å². The lowest BCUT2D eigenvalue weighted by atomic mass is 9.86. The summed E-state index contributed by atoms with van der Waals surface area (Å²) in [5, 5.41) is 22.3. The van der Waals surface area contributed by atoms with Gasteiger partial charge in [-0.05, 0) is 36.5 Å². The normalized spacial score (nSPS) is 24.1. The lowest BCUT2D eigenvalue weighted by Crippen LogP contribution is -2.33. The van der Waals surface area contributed by atoms with Crippen LogP contribution in [-0.2, 0) is 6.54 Å². The van der Waals surface area contributed by atoms with E-state index in [4.69, 9.17) is 0 Å². The summed E-state index contributed by atoms with van der Waals surface area (Å²) >= 11 is 0. The molecule has 0 aromatic heterocycles. The summed E-state index contributed by atoms with van der Waals surface area (Å²) in [5.41, 5.74) is 0.720. The second-order valence-corrected chi connectivity index (χ2v) is 5.06. The van der Waals surface area contributed by atoms with E-state index in [1.807, 2.05) is 0 Å². The highest BCUT2D eigenvalue weighted by atomic mass is 19.1. The molecule has 1 fully saturated rings. The fourth-order valence-electron chi connectivity index (χ4n) is 2.56. The van der Waals surface area contributed by atoms with E-state index in [0.717, 1.165) is 37.4 Å². The molecule has 0 amide bonds. The van der Waals surface area contributed by atoms with Crippen LogP contribution >= 0.6 is 0 Å². The van der Waals surface area contributed by atoms with Gasteiger partial charge in [-0.1, -0.05) is 12.8 Å². The van der Waals surface area contributed by atoms with E-state index in [1.54, 1.807) is 6.07 Å². The van der Waals surface area contributed by atoms with Crippen molar-refractivity contribution in [3.8, 4) is 5.75 Å². The minimum atomic E-state index is -0.426. The summed E-state index contributed by atoms with van der Waals surface area (Å²) in [6.45, 7) is 1.24. The maximum atomic E-state index is 13.0. The lowest BCUT2D eigenvalue weighted by molar-refractivity contribution is 0.0695. The van der Waals surface area contributed by atoms with Crippen LogP contribution in [0.1, 0.15) is 31.2 Å². The van der Waals surface area contributed by atoms with Gasteiger partial charge in [0.15, 0.2) is 0 Å². The van der Waals surface area contributed by atoms with Gasteiger partial charge in [0.05, 0.1) is 6.10 Å². The van der Waals surface area contributed by atoms with Crippen molar-refractivity contribution in [1.29, 1.82) is 0 Å². The minimum Gasteiger partial charge on any atom is -0.508 e. The Morgan fingerprint density at radius 2 is 2.00 bits per heavy atom. The molecule has 1 aliphatic carbocycles. The number of halogens is 1. The molecule has 2 unspecified atom stereocenters. The van der Waals surface area contributed by atoms with Gasteiger partial charge in [-0.15, -0.1) is 0 Å². The Morgan fingerprint density at radius 3 is 2.72 bits per heavy atom. The average molecular weight is 253 g/mol. The topological polar surface area (TPSA) is 52.5 Å². The van der Waals surface area contributed by atoms with Gasteiger partial charge in [-0.2, -0.15) is 0 Å². The first kappa shape index (κ1) is 13.3. The molecule has 0 radical (unpaired) electrons. The summed E-state index contributed by atoms with van der Waals surface area (Å²) in [7, 11) is 0. The Kier molecular flexibility index (Phi) is 4.55. The van der Waals surface area contributed by atoms with Crippen LogP contribution < -0.4 is 5.32 Å². The number of hydrogen-bond acceptors (Lipinski definition) is 3. The highest BCUT2D eigenvalue weighted by molar-refractivity contribution is 5.28. The maximum Gasteiger partial charge on any atom is 0.127 e. The molecule has 0 aliphatic heterocycles. The Bertz CT molecular complexity index is 377. The van der Waals surface area contributed by atoms with Gasteiger partial charge in [-0.3, -0.25) is 0 Å². The molecule has 0 bridgehead atoms. The van der Waals surface area contributed by atoms with Crippen molar-refractivity contribution < 1.29 is 14.6 Å². The molecule has 1 aromatic carbocycles.